The number of aliphatic hydroxyl groups excluding tert-OH is 1. The van der Waals surface area contributed by atoms with E-state index in [1.54, 1.807) is 4.90 Å². The van der Waals surface area contributed by atoms with Crippen LogP contribution in [0, 0.1) is 0 Å². The minimum Gasteiger partial charge on any atom is -0.445 e. The van der Waals surface area contributed by atoms with Gasteiger partial charge in [-0.2, -0.15) is 0 Å². The summed E-state index contributed by atoms with van der Waals surface area (Å²) in [5, 5.41) is 10.3. The summed E-state index contributed by atoms with van der Waals surface area (Å²) in [4.78, 5) is 14.0. The molecule has 1 heterocycles. The van der Waals surface area contributed by atoms with Gasteiger partial charge in [0, 0.05) is 17.6 Å². The van der Waals surface area contributed by atoms with Gasteiger partial charge in [0.1, 0.15) is 6.61 Å². The van der Waals surface area contributed by atoms with Gasteiger partial charge >= 0.3 is 6.09 Å². The lowest BCUT2D eigenvalue weighted by molar-refractivity contribution is 0.0883. The maximum absolute atomic E-state index is 12.3. The van der Waals surface area contributed by atoms with Crippen LogP contribution >= 0.6 is 15.9 Å². The number of benzene rings is 2. The summed E-state index contributed by atoms with van der Waals surface area (Å²) in [5.74, 6) is 0. The first kappa shape index (κ1) is 16.0. The van der Waals surface area contributed by atoms with Crippen molar-refractivity contribution in [1.82, 2.24) is 4.90 Å². The Morgan fingerprint density at radius 3 is 2.83 bits per heavy atom. The van der Waals surface area contributed by atoms with Gasteiger partial charge in [0.25, 0.3) is 0 Å². The summed E-state index contributed by atoms with van der Waals surface area (Å²) >= 11 is 3.42. The van der Waals surface area contributed by atoms with Crippen LogP contribution in [0.4, 0.5) is 4.79 Å². The first-order valence-electron chi connectivity index (χ1n) is 7.55. The highest BCUT2D eigenvalue weighted by Gasteiger charge is 2.24. The third kappa shape index (κ3) is 3.92. The Balaban J connectivity index is 1.68. The zero-order chi connectivity index (χ0) is 16.2. The van der Waals surface area contributed by atoms with Gasteiger partial charge < -0.3 is 14.7 Å². The summed E-state index contributed by atoms with van der Waals surface area (Å²) in [6.07, 6.45) is -0.407. The van der Waals surface area contributed by atoms with Gasteiger partial charge in [-0.05, 0) is 35.2 Å². The third-order valence-corrected chi connectivity index (χ3v) is 4.46. The van der Waals surface area contributed by atoms with E-state index in [-0.39, 0.29) is 12.7 Å². The summed E-state index contributed by atoms with van der Waals surface area (Å²) in [6.45, 7) is 1.18. The van der Waals surface area contributed by atoms with Crippen molar-refractivity contribution >= 4 is 22.0 Å². The van der Waals surface area contributed by atoms with Crippen LogP contribution in [-0.2, 0) is 17.9 Å². The normalized spacial score (nSPS) is 17.3. The van der Waals surface area contributed by atoms with Gasteiger partial charge in [-0.15, -0.1) is 0 Å². The summed E-state index contributed by atoms with van der Waals surface area (Å²) in [5.41, 5.74) is 2.78. The van der Waals surface area contributed by atoms with E-state index in [1.807, 2.05) is 48.5 Å². The Hall–Kier alpha value is -1.85. The predicted octanol–water partition coefficient (Wildman–Crippen LogP) is 4.03. The number of aliphatic hydroxyl groups is 1. The van der Waals surface area contributed by atoms with Crippen molar-refractivity contribution < 1.29 is 14.6 Å². The Kier molecular flexibility index (Phi) is 4.98. The second-order valence-electron chi connectivity index (χ2n) is 5.61. The second-order valence-corrected chi connectivity index (χ2v) is 6.53. The van der Waals surface area contributed by atoms with Gasteiger partial charge in [0.05, 0.1) is 6.10 Å². The van der Waals surface area contributed by atoms with Crippen molar-refractivity contribution in [2.24, 2.45) is 0 Å². The van der Waals surface area contributed by atoms with Gasteiger partial charge in [-0.1, -0.05) is 52.3 Å². The molecule has 0 radical (unpaired) electrons. The fraction of sp³-hybridized carbons (Fsp3) is 0.278. The van der Waals surface area contributed by atoms with E-state index in [2.05, 4.69) is 15.9 Å². The molecule has 2 aromatic rings. The number of fused-ring (bicyclic) bond motifs is 1. The second kappa shape index (κ2) is 7.15. The van der Waals surface area contributed by atoms with Gasteiger partial charge in [0.15, 0.2) is 0 Å². The highest BCUT2D eigenvalue weighted by Crippen LogP contribution is 2.29. The molecule has 0 saturated heterocycles. The Morgan fingerprint density at radius 2 is 2.04 bits per heavy atom. The van der Waals surface area contributed by atoms with E-state index in [4.69, 9.17) is 4.74 Å². The SMILES string of the molecule is O=C(OCc1ccccc1)N1CCC(O)c2cc(Br)ccc2C1. The Labute approximate surface area is 143 Å². The number of ether oxygens (including phenoxy) is 1. The maximum Gasteiger partial charge on any atom is 0.410 e. The molecule has 1 amide bonds. The van der Waals surface area contributed by atoms with Crippen molar-refractivity contribution in [3.05, 3.63) is 69.7 Å². The number of rotatable bonds is 2. The average Bonchev–Trinajstić information content (AvgIpc) is 2.73. The van der Waals surface area contributed by atoms with Crippen molar-refractivity contribution in [1.29, 1.82) is 0 Å². The molecule has 23 heavy (non-hydrogen) atoms. The lowest BCUT2D eigenvalue weighted by Crippen LogP contribution is -2.31. The van der Waals surface area contributed by atoms with Crippen molar-refractivity contribution in [2.75, 3.05) is 6.54 Å². The molecular weight excluding hydrogens is 358 g/mol. The van der Waals surface area contributed by atoms with E-state index < -0.39 is 6.10 Å². The third-order valence-electron chi connectivity index (χ3n) is 3.96. The van der Waals surface area contributed by atoms with E-state index in [0.29, 0.717) is 19.5 Å². The zero-order valence-electron chi connectivity index (χ0n) is 12.6. The minimum absolute atomic E-state index is 0.256. The number of carbonyl (C=O) groups excluding carboxylic acids is 1. The van der Waals surface area contributed by atoms with E-state index in [0.717, 1.165) is 21.2 Å². The number of hydrogen-bond acceptors (Lipinski definition) is 3. The van der Waals surface area contributed by atoms with Crippen LogP contribution in [0.1, 0.15) is 29.2 Å². The predicted molar refractivity (Wildman–Crippen MR) is 90.8 cm³/mol. The number of amides is 1. The molecule has 1 atom stereocenters. The van der Waals surface area contributed by atoms with Crippen LogP contribution in [0.3, 0.4) is 0 Å². The van der Waals surface area contributed by atoms with Crippen molar-refractivity contribution in [2.45, 2.75) is 25.7 Å². The molecule has 1 aliphatic heterocycles. The standard InChI is InChI=1S/C18H18BrNO3/c19-15-7-6-14-11-20(9-8-17(21)16(14)10-15)18(22)23-12-13-4-2-1-3-5-13/h1-7,10,17,21H,8-9,11-12H2. The molecular formula is C18H18BrNO3. The molecule has 0 bridgehead atoms. The first-order chi connectivity index (χ1) is 11.1. The zero-order valence-corrected chi connectivity index (χ0v) is 14.2. The molecule has 1 unspecified atom stereocenters. The quantitative estimate of drug-likeness (QED) is 0.861. The number of hydrogen-bond donors (Lipinski definition) is 1. The first-order valence-corrected chi connectivity index (χ1v) is 8.35. The Bertz CT molecular complexity index is 690. The van der Waals surface area contributed by atoms with Gasteiger partial charge in [-0.3, -0.25) is 0 Å². The largest absolute Gasteiger partial charge is 0.445 e. The highest BCUT2D eigenvalue weighted by molar-refractivity contribution is 9.10. The van der Waals surface area contributed by atoms with Crippen molar-refractivity contribution in [3.63, 3.8) is 0 Å². The number of nitrogens with zero attached hydrogens (tertiary/aromatic N) is 1. The van der Waals surface area contributed by atoms with Crippen LogP contribution in [-0.4, -0.2) is 22.6 Å². The maximum atomic E-state index is 12.3. The lowest BCUT2D eigenvalue weighted by Gasteiger charge is -2.20. The molecule has 3 rings (SSSR count). The molecule has 0 aromatic heterocycles. The minimum atomic E-state index is -0.561. The summed E-state index contributed by atoms with van der Waals surface area (Å²) in [6, 6.07) is 15.4. The van der Waals surface area contributed by atoms with Crippen LogP contribution in [0.15, 0.2) is 53.0 Å². The average molecular weight is 376 g/mol. The highest BCUT2D eigenvalue weighted by atomic mass is 79.9. The Morgan fingerprint density at radius 1 is 1.26 bits per heavy atom. The number of carbonyl (C=O) groups is 1. The molecule has 1 aliphatic rings. The molecule has 4 nitrogen and oxygen atoms in total. The molecule has 1 N–H and O–H groups in total. The van der Waals surface area contributed by atoms with E-state index >= 15 is 0 Å². The van der Waals surface area contributed by atoms with Crippen LogP contribution in [0.5, 0.6) is 0 Å². The lowest BCUT2D eigenvalue weighted by atomic mass is 10.0. The smallest absolute Gasteiger partial charge is 0.410 e. The summed E-state index contributed by atoms with van der Waals surface area (Å²) in [7, 11) is 0. The van der Waals surface area contributed by atoms with Crippen LogP contribution in [0.2, 0.25) is 0 Å². The molecule has 0 aliphatic carbocycles. The van der Waals surface area contributed by atoms with Crippen LogP contribution in [0.25, 0.3) is 0 Å². The fourth-order valence-electron chi connectivity index (χ4n) is 2.70. The van der Waals surface area contributed by atoms with Crippen molar-refractivity contribution in [3.8, 4) is 0 Å². The monoisotopic (exact) mass is 375 g/mol. The molecule has 120 valence electrons. The van der Waals surface area contributed by atoms with Gasteiger partial charge in [-0.25, -0.2) is 4.79 Å². The molecule has 0 saturated carbocycles. The van der Waals surface area contributed by atoms with E-state index in [1.165, 1.54) is 0 Å². The topological polar surface area (TPSA) is 49.8 Å². The molecule has 2 aromatic carbocycles. The van der Waals surface area contributed by atoms with Crippen LogP contribution < -0.4 is 0 Å². The fourth-order valence-corrected chi connectivity index (χ4v) is 3.08. The molecule has 0 fully saturated rings. The molecule has 0 spiro atoms. The number of halogens is 1. The van der Waals surface area contributed by atoms with E-state index in [9.17, 15) is 9.90 Å². The van der Waals surface area contributed by atoms with Gasteiger partial charge in [0.2, 0.25) is 0 Å². The summed E-state index contributed by atoms with van der Waals surface area (Å²) < 4.78 is 6.32. The molecule has 5 heteroatoms.